The number of carbonyl (C=O) groups excluding carboxylic acids is 7. The van der Waals surface area contributed by atoms with Gasteiger partial charge in [-0.2, -0.15) is 5.26 Å². The molecule has 4 aliphatic heterocycles. The van der Waals surface area contributed by atoms with Crippen LogP contribution in [0.1, 0.15) is 96.3 Å². The Kier molecular flexibility index (Phi) is 13.2. The molecule has 4 aromatic carbocycles. The van der Waals surface area contributed by atoms with Crippen LogP contribution < -0.4 is 36.5 Å². The molecule has 6 atom stereocenters. The molecular formula is C58H60N10O9. The van der Waals surface area contributed by atoms with Gasteiger partial charge >= 0.3 is 0 Å². The Morgan fingerprint density at radius 2 is 1.12 bits per heavy atom. The minimum Gasteiger partial charge on any atom is -0.496 e. The predicted octanol–water partition coefficient (Wildman–Crippen LogP) is 5.92. The highest BCUT2D eigenvalue weighted by Gasteiger charge is 2.59. The van der Waals surface area contributed by atoms with Gasteiger partial charge in [0.25, 0.3) is 11.8 Å². The van der Waals surface area contributed by atoms with Crippen molar-refractivity contribution in [3.63, 3.8) is 0 Å². The highest BCUT2D eigenvalue weighted by Crippen LogP contribution is 2.48. The molecular weight excluding hydrogens is 981 g/mol. The number of H-pyrrole nitrogens is 2. The summed E-state index contributed by atoms with van der Waals surface area (Å²) in [4.78, 5) is 103. The number of benzene rings is 4. The number of nitriles is 1. The van der Waals surface area contributed by atoms with Gasteiger partial charge in [-0.15, -0.1) is 0 Å². The molecule has 2 saturated heterocycles. The van der Waals surface area contributed by atoms with Crippen molar-refractivity contribution in [2.24, 2.45) is 17.6 Å². The summed E-state index contributed by atoms with van der Waals surface area (Å²) in [5.74, 6) is -0.763. The van der Waals surface area contributed by atoms with E-state index in [9.17, 15) is 38.8 Å². The van der Waals surface area contributed by atoms with Crippen molar-refractivity contribution in [3.05, 3.63) is 120 Å². The fourth-order valence-electron chi connectivity index (χ4n) is 12.4. The first-order valence-corrected chi connectivity index (χ1v) is 26.3. The van der Waals surface area contributed by atoms with Gasteiger partial charge in [-0.05, 0) is 90.8 Å². The number of aromatic amines is 2. The standard InChI is InChI=1S/C29H31N5O5.C29H29N5O4/c1-39-24-11-5-10-19-17(24)13-21(31-19)26(36)32-22(12-16-6-4-7-16)27(37)34-15-29(14-23(34)25(30)35)18-8-2-3-9-20(18)33-28(29)38;1-38-25-11-5-10-21-19(25)13-23(31-21)26(35)32-24(12-17-6-4-7-17)27(36)34-16-29(14-18(34)15-30)20-8-2-3-9-22(20)33-28(29)37/h2-3,5,8-11,13,16,22-23,31H,4,6-7,12,14-15H2,1H3,(H2,30,35)(H,32,36)(H,33,38);2-3,5,8-11,13,17-18,24,31H,4,6-7,12,14,16H2,1H3,(H,32,35)(H,33,37)/t22-,23-,29-;18-,24-,29-/m00/s1. The van der Waals surface area contributed by atoms with Crippen molar-refractivity contribution >= 4 is 74.5 Å². The Bertz CT molecular complexity index is 3430. The van der Waals surface area contributed by atoms with E-state index in [4.69, 9.17) is 15.2 Å². The molecule has 77 heavy (non-hydrogen) atoms. The Hall–Kier alpha value is -8.66. The maximum absolute atomic E-state index is 14.1. The number of primary amides is 1. The summed E-state index contributed by atoms with van der Waals surface area (Å²) in [6, 6.07) is 28.0. The molecule has 2 aliphatic carbocycles. The van der Waals surface area contributed by atoms with Crippen molar-refractivity contribution in [2.45, 2.75) is 99.2 Å². The fraction of sp³-hybridized carbons (Fsp3) is 0.379. The van der Waals surface area contributed by atoms with Crippen LogP contribution >= 0.6 is 0 Å². The second-order valence-corrected chi connectivity index (χ2v) is 21.4. The highest BCUT2D eigenvalue weighted by atomic mass is 16.5. The first-order chi connectivity index (χ1) is 37.2. The largest absolute Gasteiger partial charge is 0.496 e. The van der Waals surface area contributed by atoms with Crippen LogP contribution in [0.4, 0.5) is 11.4 Å². The average Bonchev–Trinajstić information content (AvgIpc) is 4.29. The van der Waals surface area contributed by atoms with Crippen LogP contribution in [0.5, 0.6) is 11.5 Å². The fourth-order valence-corrected chi connectivity index (χ4v) is 12.4. The first kappa shape index (κ1) is 50.5. The van der Waals surface area contributed by atoms with E-state index in [2.05, 4.69) is 37.3 Å². The van der Waals surface area contributed by atoms with Crippen LogP contribution in [0.3, 0.4) is 0 Å². The third-order valence-electron chi connectivity index (χ3n) is 17.0. The van der Waals surface area contributed by atoms with Crippen molar-refractivity contribution in [3.8, 4) is 17.6 Å². The highest BCUT2D eigenvalue weighted by molar-refractivity contribution is 6.10. The molecule has 7 amide bonds. The zero-order valence-electron chi connectivity index (χ0n) is 42.8. The van der Waals surface area contributed by atoms with Crippen LogP contribution in [-0.4, -0.2) is 113 Å². The van der Waals surface area contributed by atoms with Gasteiger partial charge in [-0.25, -0.2) is 0 Å². The van der Waals surface area contributed by atoms with Gasteiger partial charge in [-0.1, -0.05) is 87.1 Å². The Morgan fingerprint density at radius 3 is 1.56 bits per heavy atom. The van der Waals surface area contributed by atoms with E-state index in [0.717, 1.165) is 77.1 Å². The molecule has 4 fully saturated rings. The number of nitrogens with one attached hydrogen (secondary N) is 6. The SMILES string of the molecule is COc1cccc2[nH]c(C(=O)N[C@@H](CC3CCC3)C(=O)N3C[C@]4(C[C@H]3C#N)C(=O)Nc3ccccc34)cc12.COc1cccc2[nH]c(C(=O)N[C@@H](CC3CCC3)C(=O)N3C[C@]4(C[C@H]3C(N)=O)C(=O)Nc3ccccc34)cc12. The number of methoxy groups -OCH3 is 2. The quantitative estimate of drug-likeness (QED) is 0.0717. The third kappa shape index (κ3) is 8.94. The number of hydrogen-bond acceptors (Lipinski definition) is 10. The van der Waals surface area contributed by atoms with Crippen LogP contribution in [0.25, 0.3) is 21.8 Å². The van der Waals surface area contributed by atoms with Crippen molar-refractivity contribution < 1.29 is 43.0 Å². The maximum Gasteiger partial charge on any atom is 0.268 e. The van der Waals surface area contributed by atoms with Crippen LogP contribution in [0.2, 0.25) is 0 Å². The van der Waals surface area contributed by atoms with E-state index < -0.39 is 58.6 Å². The maximum atomic E-state index is 14.1. The smallest absolute Gasteiger partial charge is 0.268 e. The zero-order chi connectivity index (χ0) is 53.8. The number of amides is 7. The van der Waals surface area contributed by atoms with E-state index in [1.54, 1.807) is 32.4 Å². The molecule has 12 rings (SSSR count). The molecule has 396 valence electrons. The average molecular weight is 1040 g/mol. The van der Waals surface area contributed by atoms with Crippen LogP contribution in [0, 0.1) is 23.2 Å². The number of rotatable bonds is 13. The summed E-state index contributed by atoms with van der Waals surface area (Å²) in [5, 5.41) is 23.2. The van der Waals surface area contributed by atoms with Gasteiger partial charge in [0.2, 0.25) is 29.5 Å². The van der Waals surface area contributed by atoms with Crippen molar-refractivity contribution in [1.29, 1.82) is 5.26 Å². The number of anilines is 2. The molecule has 19 heteroatoms. The second-order valence-electron chi connectivity index (χ2n) is 21.4. The van der Waals surface area contributed by atoms with Crippen molar-refractivity contribution in [2.75, 3.05) is 37.9 Å². The lowest BCUT2D eigenvalue weighted by atomic mass is 9.79. The predicted molar refractivity (Wildman–Crippen MR) is 285 cm³/mol. The molecule has 2 spiro atoms. The minimum absolute atomic E-state index is 0.0168. The summed E-state index contributed by atoms with van der Waals surface area (Å²) < 4.78 is 10.8. The number of hydrogen-bond donors (Lipinski definition) is 7. The third-order valence-corrected chi connectivity index (χ3v) is 17.0. The minimum atomic E-state index is -1.06. The van der Waals surface area contributed by atoms with Crippen LogP contribution in [-0.2, 0) is 34.8 Å². The number of carbonyl (C=O) groups is 7. The number of fused-ring (bicyclic) bond motifs is 6. The molecule has 2 saturated carbocycles. The molecule has 0 unspecified atom stereocenters. The van der Waals surface area contributed by atoms with Crippen LogP contribution in [0.15, 0.2) is 97.1 Å². The Labute approximate surface area is 443 Å². The van der Waals surface area contributed by atoms with Gasteiger partial charge < -0.3 is 56.2 Å². The lowest BCUT2D eigenvalue weighted by Gasteiger charge is -2.33. The summed E-state index contributed by atoms with van der Waals surface area (Å²) in [5.41, 5.74) is 8.83. The summed E-state index contributed by atoms with van der Waals surface area (Å²) in [6.45, 7) is 0.121. The Balaban J connectivity index is 0.000000164. The number of para-hydroxylation sites is 2. The summed E-state index contributed by atoms with van der Waals surface area (Å²) in [6.07, 6.45) is 7.41. The second kappa shape index (κ2) is 20.1. The molecule has 2 aromatic heterocycles. The van der Waals surface area contributed by atoms with Crippen molar-refractivity contribution in [1.82, 2.24) is 30.4 Å². The molecule has 0 bridgehead atoms. The lowest BCUT2D eigenvalue weighted by molar-refractivity contribution is -0.139. The molecule has 8 N–H and O–H groups in total. The molecule has 19 nitrogen and oxygen atoms in total. The number of aromatic nitrogens is 2. The number of nitrogens with zero attached hydrogens (tertiary/aromatic N) is 3. The number of likely N-dealkylation sites (tertiary alicyclic amines) is 2. The van der Waals surface area contributed by atoms with Gasteiger partial charge in [-0.3, -0.25) is 33.6 Å². The van der Waals surface area contributed by atoms with Gasteiger partial charge in [0, 0.05) is 52.7 Å². The molecule has 6 aliphatic rings. The van der Waals surface area contributed by atoms with E-state index in [-0.39, 0.29) is 43.7 Å². The van der Waals surface area contributed by atoms with E-state index in [1.165, 1.54) is 9.80 Å². The van der Waals surface area contributed by atoms with E-state index >= 15 is 0 Å². The summed E-state index contributed by atoms with van der Waals surface area (Å²) in [7, 11) is 3.14. The van der Waals surface area contributed by atoms with Gasteiger partial charge in [0.05, 0.1) is 31.1 Å². The monoisotopic (exact) mass is 1040 g/mol. The molecule has 6 aromatic rings. The lowest BCUT2D eigenvalue weighted by Crippen LogP contribution is -2.54. The number of nitrogens with two attached hydrogens (primary N) is 1. The first-order valence-electron chi connectivity index (χ1n) is 26.3. The van der Waals surface area contributed by atoms with Gasteiger partial charge in [0.1, 0.15) is 47.1 Å². The van der Waals surface area contributed by atoms with E-state index in [0.29, 0.717) is 53.3 Å². The summed E-state index contributed by atoms with van der Waals surface area (Å²) >= 11 is 0. The number of ether oxygens (including phenoxy) is 2. The molecule has 6 heterocycles. The zero-order valence-corrected chi connectivity index (χ0v) is 42.8. The normalized spacial score (nSPS) is 22.9. The van der Waals surface area contributed by atoms with E-state index in [1.807, 2.05) is 78.9 Å². The molecule has 0 radical (unpaired) electrons. The Morgan fingerprint density at radius 1 is 0.662 bits per heavy atom. The topological polar surface area (TPSA) is 274 Å². The van der Waals surface area contributed by atoms with Gasteiger partial charge in [0.15, 0.2) is 0 Å².